The van der Waals surface area contributed by atoms with Crippen LogP contribution in [0.2, 0.25) is 0 Å². The zero-order chi connectivity index (χ0) is 12.3. The molecule has 0 spiro atoms. The van der Waals surface area contributed by atoms with Crippen LogP contribution < -0.4 is 16.0 Å². The molecule has 3 nitrogen and oxygen atoms in total. The Hall–Kier alpha value is -1.22. The van der Waals surface area contributed by atoms with E-state index in [0.717, 1.165) is 25.9 Å². The van der Waals surface area contributed by atoms with Crippen molar-refractivity contribution in [1.82, 2.24) is 0 Å². The van der Waals surface area contributed by atoms with Crippen molar-refractivity contribution in [2.24, 2.45) is 5.73 Å². The van der Waals surface area contributed by atoms with Crippen LogP contribution in [-0.4, -0.2) is 25.2 Å². The van der Waals surface area contributed by atoms with Crippen molar-refractivity contribution in [3.63, 3.8) is 0 Å². The van der Waals surface area contributed by atoms with Crippen molar-refractivity contribution in [2.45, 2.75) is 38.8 Å². The van der Waals surface area contributed by atoms with Crippen LogP contribution in [0, 0.1) is 0 Å². The van der Waals surface area contributed by atoms with Crippen LogP contribution in [0.5, 0.6) is 0 Å². The van der Waals surface area contributed by atoms with Crippen LogP contribution in [0.1, 0.15) is 26.7 Å². The molecule has 1 saturated heterocycles. The average Bonchev–Trinajstić information content (AvgIpc) is 2.30. The molecule has 2 rings (SSSR count). The van der Waals surface area contributed by atoms with Crippen LogP contribution in [0.15, 0.2) is 24.3 Å². The zero-order valence-electron chi connectivity index (χ0n) is 10.8. The van der Waals surface area contributed by atoms with Gasteiger partial charge in [-0.2, -0.15) is 0 Å². The van der Waals surface area contributed by atoms with E-state index in [1.54, 1.807) is 0 Å². The summed E-state index contributed by atoms with van der Waals surface area (Å²) in [6.07, 6.45) is 2.19. The van der Waals surface area contributed by atoms with Crippen LogP contribution in [0.3, 0.4) is 0 Å². The first-order valence-corrected chi connectivity index (χ1v) is 6.53. The fraction of sp³-hybridized carbons (Fsp3) is 0.571. The lowest BCUT2D eigenvalue weighted by molar-refractivity contribution is 0.501. The van der Waals surface area contributed by atoms with Crippen LogP contribution >= 0.6 is 0 Å². The average molecular weight is 233 g/mol. The molecular weight excluding hydrogens is 210 g/mol. The lowest BCUT2D eigenvalue weighted by atomic mass is 10.0. The molecule has 0 radical (unpaired) electrons. The SMILES string of the molecule is CC(C)Nc1ccccc1N1CCC(N)CC1. The molecule has 1 aliphatic rings. The number of nitrogens with two attached hydrogens (primary N) is 1. The molecule has 0 atom stereocenters. The van der Waals surface area contributed by atoms with Gasteiger partial charge in [-0.1, -0.05) is 12.1 Å². The molecule has 17 heavy (non-hydrogen) atoms. The van der Waals surface area contributed by atoms with E-state index in [1.165, 1.54) is 11.4 Å². The van der Waals surface area contributed by atoms with Crippen molar-refractivity contribution in [3.05, 3.63) is 24.3 Å². The number of para-hydroxylation sites is 2. The van der Waals surface area contributed by atoms with E-state index in [2.05, 4.69) is 48.3 Å². The minimum Gasteiger partial charge on any atom is -0.381 e. The number of nitrogens with zero attached hydrogens (tertiary/aromatic N) is 1. The summed E-state index contributed by atoms with van der Waals surface area (Å²) in [4.78, 5) is 2.44. The second kappa shape index (κ2) is 5.41. The first-order valence-electron chi connectivity index (χ1n) is 6.53. The minimum atomic E-state index is 0.386. The topological polar surface area (TPSA) is 41.3 Å². The quantitative estimate of drug-likeness (QED) is 0.842. The van der Waals surface area contributed by atoms with Gasteiger partial charge in [0.2, 0.25) is 0 Å². The molecule has 1 aromatic rings. The number of hydrogen-bond donors (Lipinski definition) is 2. The van der Waals surface area contributed by atoms with Gasteiger partial charge in [-0.25, -0.2) is 0 Å². The van der Waals surface area contributed by atoms with Crippen LogP contribution in [0.4, 0.5) is 11.4 Å². The molecule has 0 aromatic heterocycles. The molecular formula is C14H23N3. The number of anilines is 2. The Morgan fingerprint density at radius 2 is 1.88 bits per heavy atom. The molecule has 1 heterocycles. The summed E-state index contributed by atoms with van der Waals surface area (Å²) in [6.45, 7) is 6.47. The van der Waals surface area contributed by atoms with Gasteiger partial charge in [0.05, 0.1) is 11.4 Å². The fourth-order valence-corrected chi connectivity index (χ4v) is 2.32. The smallest absolute Gasteiger partial charge is 0.0602 e. The highest BCUT2D eigenvalue weighted by molar-refractivity contribution is 5.70. The normalized spacial score (nSPS) is 17.5. The van der Waals surface area contributed by atoms with Gasteiger partial charge in [0.15, 0.2) is 0 Å². The summed E-state index contributed by atoms with van der Waals surface area (Å²) >= 11 is 0. The lowest BCUT2D eigenvalue weighted by Crippen LogP contribution is -2.40. The molecule has 0 aliphatic carbocycles. The number of nitrogens with one attached hydrogen (secondary N) is 1. The molecule has 0 bridgehead atoms. The Kier molecular flexibility index (Phi) is 3.89. The highest BCUT2D eigenvalue weighted by atomic mass is 15.2. The summed E-state index contributed by atoms with van der Waals surface area (Å²) < 4.78 is 0. The van der Waals surface area contributed by atoms with Crippen molar-refractivity contribution >= 4 is 11.4 Å². The third-order valence-electron chi connectivity index (χ3n) is 3.23. The largest absolute Gasteiger partial charge is 0.381 e. The Morgan fingerprint density at radius 3 is 2.53 bits per heavy atom. The second-order valence-corrected chi connectivity index (χ2v) is 5.14. The van der Waals surface area contributed by atoms with Crippen LogP contribution in [-0.2, 0) is 0 Å². The van der Waals surface area contributed by atoms with E-state index < -0.39 is 0 Å². The van der Waals surface area contributed by atoms with E-state index >= 15 is 0 Å². The maximum Gasteiger partial charge on any atom is 0.0602 e. The monoisotopic (exact) mass is 233 g/mol. The van der Waals surface area contributed by atoms with Crippen molar-refractivity contribution < 1.29 is 0 Å². The molecule has 0 saturated carbocycles. The Morgan fingerprint density at radius 1 is 1.24 bits per heavy atom. The third-order valence-corrected chi connectivity index (χ3v) is 3.23. The van der Waals surface area contributed by atoms with E-state index in [4.69, 9.17) is 5.73 Å². The minimum absolute atomic E-state index is 0.386. The van der Waals surface area contributed by atoms with Gasteiger partial charge in [0.1, 0.15) is 0 Å². The first kappa shape index (κ1) is 12.2. The molecule has 1 aliphatic heterocycles. The number of piperidine rings is 1. The summed E-state index contributed by atoms with van der Waals surface area (Å²) in [5.41, 5.74) is 8.50. The highest BCUT2D eigenvalue weighted by Gasteiger charge is 2.18. The molecule has 0 amide bonds. The van der Waals surface area contributed by atoms with Crippen LogP contribution in [0.25, 0.3) is 0 Å². The van der Waals surface area contributed by atoms with E-state index in [-0.39, 0.29) is 0 Å². The van der Waals surface area contributed by atoms with E-state index in [0.29, 0.717) is 12.1 Å². The third kappa shape index (κ3) is 3.13. The number of hydrogen-bond acceptors (Lipinski definition) is 3. The molecule has 3 heteroatoms. The molecule has 1 fully saturated rings. The Labute approximate surface area is 104 Å². The van der Waals surface area contributed by atoms with Crippen molar-refractivity contribution in [3.8, 4) is 0 Å². The standard InChI is InChI=1S/C14H23N3/c1-11(2)16-13-5-3-4-6-14(13)17-9-7-12(15)8-10-17/h3-6,11-12,16H,7-10,15H2,1-2H3. The fourth-order valence-electron chi connectivity index (χ4n) is 2.32. The highest BCUT2D eigenvalue weighted by Crippen LogP contribution is 2.28. The number of rotatable bonds is 3. The maximum absolute atomic E-state index is 5.95. The Balaban J connectivity index is 2.14. The van der Waals surface area contributed by atoms with E-state index in [9.17, 15) is 0 Å². The molecule has 0 unspecified atom stereocenters. The lowest BCUT2D eigenvalue weighted by Gasteiger charge is -2.33. The van der Waals surface area contributed by atoms with Gasteiger partial charge in [-0.15, -0.1) is 0 Å². The molecule has 1 aromatic carbocycles. The molecule has 94 valence electrons. The molecule has 3 N–H and O–H groups in total. The van der Waals surface area contributed by atoms with Gasteiger partial charge in [0.25, 0.3) is 0 Å². The zero-order valence-corrected chi connectivity index (χ0v) is 10.8. The van der Waals surface area contributed by atoms with Gasteiger partial charge in [-0.05, 0) is 38.8 Å². The van der Waals surface area contributed by atoms with Gasteiger partial charge >= 0.3 is 0 Å². The Bertz CT molecular complexity index is 354. The number of benzene rings is 1. The van der Waals surface area contributed by atoms with Gasteiger partial charge in [0, 0.05) is 25.2 Å². The van der Waals surface area contributed by atoms with Gasteiger partial charge in [-0.3, -0.25) is 0 Å². The van der Waals surface area contributed by atoms with E-state index in [1.807, 2.05) is 0 Å². The maximum atomic E-state index is 5.95. The summed E-state index contributed by atoms with van der Waals surface area (Å²) in [6, 6.07) is 9.39. The van der Waals surface area contributed by atoms with Crippen molar-refractivity contribution in [2.75, 3.05) is 23.3 Å². The summed E-state index contributed by atoms with van der Waals surface area (Å²) in [5.74, 6) is 0. The predicted molar refractivity (Wildman–Crippen MR) is 74.6 cm³/mol. The summed E-state index contributed by atoms with van der Waals surface area (Å²) in [5, 5.41) is 3.51. The second-order valence-electron chi connectivity index (χ2n) is 5.14. The summed E-state index contributed by atoms with van der Waals surface area (Å²) in [7, 11) is 0. The predicted octanol–water partition coefficient (Wildman–Crippen LogP) is 2.43. The first-order chi connectivity index (χ1) is 8.16. The van der Waals surface area contributed by atoms with Gasteiger partial charge < -0.3 is 16.0 Å². The van der Waals surface area contributed by atoms with Crippen molar-refractivity contribution in [1.29, 1.82) is 0 Å².